The number of nitrogens with one attached hydrogen (secondary N) is 1. The number of halogens is 1. The van der Waals surface area contributed by atoms with E-state index in [0.29, 0.717) is 16.9 Å². The van der Waals surface area contributed by atoms with Crippen LogP contribution in [0.15, 0.2) is 72.8 Å². The highest BCUT2D eigenvalue weighted by molar-refractivity contribution is 6.11. The Morgan fingerprint density at radius 1 is 0.933 bits per heavy atom. The molecule has 0 aliphatic rings. The van der Waals surface area contributed by atoms with Gasteiger partial charge in [-0.1, -0.05) is 36.4 Å². The minimum absolute atomic E-state index is 0.0741. The molecule has 0 aliphatic carbocycles. The zero-order valence-corrected chi connectivity index (χ0v) is 16.6. The molecular formula is C25H19FN2O2. The van der Waals surface area contributed by atoms with Crippen molar-refractivity contribution < 1.29 is 14.0 Å². The highest BCUT2D eigenvalue weighted by atomic mass is 19.1. The third-order valence-corrected chi connectivity index (χ3v) is 4.93. The van der Waals surface area contributed by atoms with Crippen molar-refractivity contribution in [3.63, 3.8) is 0 Å². The summed E-state index contributed by atoms with van der Waals surface area (Å²) in [7, 11) is 0. The van der Waals surface area contributed by atoms with Crippen molar-refractivity contribution >= 4 is 28.3 Å². The number of pyridine rings is 1. The maximum Gasteiger partial charge on any atom is 0.255 e. The van der Waals surface area contributed by atoms with Crippen LogP contribution in [-0.4, -0.2) is 16.7 Å². The summed E-state index contributed by atoms with van der Waals surface area (Å²) in [5.41, 5.74) is 4.38. The summed E-state index contributed by atoms with van der Waals surface area (Å²) < 4.78 is 13.5. The molecule has 30 heavy (non-hydrogen) atoms. The number of anilines is 1. The molecule has 1 amide bonds. The molecule has 0 fully saturated rings. The van der Waals surface area contributed by atoms with Crippen molar-refractivity contribution in [2.45, 2.75) is 13.8 Å². The Hall–Kier alpha value is -3.86. The number of fused-ring (bicyclic) bond motifs is 1. The fraction of sp³-hybridized carbons (Fsp3) is 0.0800. The molecule has 0 saturated carbocycles. The van der Waals surface area contributed by atoms with Gasteiger partial charge in [0.2, 0.25) is 0 Å². The number of carbonyl (C=O) groups excluding carboxylic acids is 2. The zero-order valence-electron chi connectivity index (χ0n) is 16.6. The number of aryl methyl sites for hydroxylation is 1. The molecule has 0 saturated heterocycles. The number of aromatic nitrogens is 1. The second-order valence-corrected chi connectivity index (χ2v) is 7.07. The van der Waals surface area contributed by atoms with Gasteiger partial charge in [0.1, 0.15) is 5.82 Å². The van der Waals surface area contributed by atoms with E-state index in [9.17, 15) is 14.0 Å². The predicted octanol–water partition coefficient (Wildman–Crippen LogP) is 5.80. The Balaban J connectivity index is 1.86. The van der Waals surface area contributed by atoms with Crippen molar-refractivity contribution in [2.75, 3.05) is 5.32 Å². The van der Waals surface area contributed by atoms with Crippen LogP contribution in [0.3, 0.4) is 0 Å². The Labute approximate surface area is 173 Å². The van der Waals surface area contributed by atoms with Gasteiger partial charge in [-0.25, -0.2) is 4.39 Å². The van der Waals surface area contributed by atoms with Crippen LogP contribution in [-0.2, 0) is 0 Å². The van der Waals surface area contributed by atoms with E-state index >= 15 is 0 Å². The molecule has 0 unspecified atom stereocenters. The Bertz CT molecular complexity index is 1280. The van der Waals surface area contributed by atoms with Crippen LogP contribution in [0, 0.1) is 12.7 Å². The molecule has 0 aliphatic heterocycles. The number of benzene rings is 3. The van der Waals surface area contributed by atoms with Gasteiger partial charge in [0.25, 0.3) is 5.91 Å². The minimum atomic E-state index is -0.474. The molecule has 1 heterocycles. The molecule has 0 radical (unpaired) electrons. The van der Waals surface area contributed by atoms with Crippen LogP contribution in [0.1, 0.15) is 33.3 Å². The first-order valence-corrected chi connectivity index (χ1v) is 9.51. The summed E-state index contributed by atoms with van der Waals surface area (Å²) in [4.78, 5) is 29.6. The maximum absolute atomic E-state index is 13.5. The lowest BCUT2D eigenvalue weighted by Gasteiger charge is -2.15. The molecule has 1 aromatic heterocycles. The number of nitrogens with zero attached hydrogens (tertiary/aromatic N) is 1. The molecule has 4 aromatic rings. The van der Waals surface area contributed by atoms with Crippen LogP contribution in [0.25, 0.3) is 22.0 Å². The number of Topliss-reactive ketones (excluding diaryl/α,β-unsaturated/α-hetero) is 1. The second kappa shape index (κ2) is 7.87. The van der Waals surface area contributed by atoms with Crippen LogP contribution < -0.4 is 5.32 Å². The van der Waals surface area contributed by atoms with Crippen molar-refractivity contribution in [1.82, 2.24) is 4.98 Å². The lowest BCUT2D eigenvalue weighted by Crippen LogP contribution is -2.12. The summed E-state index contributed by atoms with van der Waals surface area (Å²) in [5, 5.41) is 3.56. The number of hydrogen-bond donors (Lipinski definition) is 1. The third kappa shape index (κ3) is 3.70. The summed E-state index contributed by atoms with van der Waals surface area (Å²) >= 11 is 0. The van der Waals surface area contributed by atoms with E-state index in [0.717, 1.165) is 22.0 Å². The topological polar surface area (TPSA) is 59.1 Å². The van der Waals surface area contributed by atoms with Gasteiger partial charge in [-0.15, -0.1) is 0 Å². The largest absolute Gasteiger partial charge is 0.322 e. The first-order chi connectivity index (χ1) is 14.4. The fourth-order valence-corrected chi connectivity index (χ4v) is 3.63. The Morgan fingerprint density at radius 3 is 2.40 bits per heavy atom. The van der Waals surface area contributed by atoms with Gasteiger partial charge in [-0.05, 0) is 55.8 Å². The van der Waals surface area contributed by atoms with E-state index < -0.39 is 11.7 Å². The normalized spacial score (nSPS) is 10.8. The van der Waals surface area contributed by atoms with Crippen molar-refractivity contribution in [1.29, 1.82) is 0 Å². The van der Waals surface area contributed by atoms with Crippen molar-refractivity contribution in [3.8, 4) is 11.1 Å². The van der Waals surface area contributed by atoms with E-state index in [1.165, 1.54) is 25.1 Å². The number of rotatable bonds is 4. The molecule has 3 aromatic carbocycles. The fourth-order valence-electron chi connectivity index (χ4n) is 3.63. The number of amides is 1. The van der Waals surface area contributed by atoms with Gasteiger partial charge in [-0.2, -0.15) is 0 Å². The highest BCUT2D eigenvalue weighted by Crippen LogP contribution is 2.34. The monoisotopic (exact) mass is 398 g/mol. The smallest absolute Gasteiger partial charge is 0.255 e. The van der Waals surface area contributed by atoms with Crippen molar-refractivity contribution in [2.24, 2.45) is 0 Å². The lowest BCUT2D eigenvalue weighted by molar-refractivity contribution is 0.101. The molecule has 0 bridgehead atoms. The molecule has 148 valence electrons. The number of carbonyl (C=O) groups is 2. The van der Waals surface area contributed by atoms with Crippen LogP contribution >= 0.6 is 0 Å². The van der Waals surface area contributed by atoms with E-state index in [2.05, 4.69) is 10.3 Å². The Morgan fingerprint density at radius 2 is 1.70 bits per heavy atom. The van der Waals surface area contributed by atoms with Gasteiger partial charge in [0, 0.05) is 33.5 Å². The maximum atomic E-state index is 13.5. The quantitative estimate of drug-likeness (QED) is 0.442. The van der Waals surface area contributed by atoms with E-state index in [1.54, 1.807) is 24.3 Å². The van der Waals surface area contributed by atoms with Gasteiger partial charge in [0.15, 0.2) is 5.78 Å². The first kappa shape index (κ1) is 19.5. The Kier molecular flexibility index (Phi) is 5.11. The average molecular weight is 398 g/mol. The minimum Gasteiger partial charge on any atom is -0.322 e. The molecule has 1 N–H and O–H groups in total. The standard InChI is InChI=1S/C25H19FN2O2/c1-15-23(16(2)29)24(17-7-4-3-5-8-17)21-14-20(11-12-22(21)27-15)28-25(30)18-9-6-10-19(26)13-18/h3-14H,1-2H3,(H,28,30). The zero-order chi connectivity index (χ0) is 21.3. The second-order valence-electron chi connectivity index (χ2n) is 7.07. The number of hydrogen-bond acceptors (Lipinski definition) is 3. The predicted molar refractivity (Wildman–Crippen MR) is 116 cm³/mol. The van der Waals surface area contributed by atoms with Gasteiger partial charge in [0.05, 0.1) is 5.52 Å². The lowest BCUT2D eigenvalue weighted by atomic mass is 9.92. The van der Waals surface area contributed by atoms with Crippen LogP contribution in [0.4, 0.5) is 10.1 Å². The molecule has 4 rings (SSSR count). The summed E-state index contributed by atoms with van der Waals surface area (Å²) in [6.07, 6.45) is 0. The van der Waals surface area contributed by atoms with Crippen molar-refractivity contribution in [3.05, 3.63) is 95.4 Å². The molecule has 0 atom stereocenters. The van der Waals surface area contributed by atoms with Crippen LogP contribution in [0.2, 0.25) is 0 Å². The summed E-state index contributed by atoms with van der Waals surface area (Å²) in [6.45, 7) is 3.35. The van der Waals surface area contributed by atoms with E-state index in [1.807, 2.05) is 37.3 Å². The van der Waals surface area contributed by atoms with Crippen LogP contribution in [0.5, 0.6) is 0 Å². The number of ketones is 1. The summed E-state index contributed by atoms with van der Waals surface area (Å²) in [5.74, 6) is -0.963. The highest BCUT2D eigenvalue weighted by Gasteiger charge is 2.18. The third-order valence-electron chi connectivity index (χ3n) is 4.93. The molecule has 0 spiro atoms. The molecule has 5 heteroatoms. The first-order valence-electron chi connectivity index (χ1n) is 9.51. The SMILES string of the molecule is CC(=O)c1c(C)nc2ccc(NC(=O)c3cccc(F)c3)cc2c1-c1ccccc1. The average Bonchev–Trinajstić information content (AvgIpc) is 2.73. The summed E-state index contributed by atoms with van der Waals surface area (Å²) in [6, 6.07) is 20.5. The van der Waals surface area contributed by atoms with Gasteiger partial charge < -0.3 is 5.32 Å². The van der Waals surface area contributed by atoms with Gasteiger partial charge in [-0.3, -0.25) is 14.6 Å². The van der Waals surface area contributed by atoms with E-state index in [4.69, 9.17) is 0 Å². The molecular weight excluding hydrogens is 379 g/mol. The van der Waals surface area contributed by atoms with E-state index in [-0.39, 0.29) is 11.3 Å². The molecule has 4 nitrogen and oxygen atoms in total. The van der Waals surface area contributed by atoms with Gasteiger partial charge >= 0.3 is 0 Å².